The largest absolute Gasteiger partial charge is 0.507 e. The summed E-state index contributed by atoms with van der Waals surface area (Å²) in [5.41, 5.74) is 1.21. The molecule has 1 aromatic heterocycles. The first-order valence-electron chi connectivity index (χ1n) is 9.28. The molecule has 2 aromatic carbocycles. The number of pyridine rings is 1. The van der Waals surface area contributed by atoms with Crippen LogP contribution in [0.1, 0.15) is 17.2 Å². The Labute approximate surface area is 168 Å². The minimum atomic E-state index is -0.717. The summed E-state index contributed by atoms with van der Waals surface area (Å²) in [5.74, 6) is -1.55. The number of carbonyl (C=O) groups excluding carboxylic acids is 2. The van der Waals surface area contributed by atoms with E-state index in [0.717, 1.165) is 10.8 Å². The molecule has 1 aliphatic rings. The molecular formula is C23H20N2O4. The third-order valence-electron chi connectivity index (χ3n) is 5.10. The predicted molar refractivity (Wildman–Crippen MR) is 109 cm³/mol. The number of likely N-dealkylation sites (tertiary alicyclic amines) is 1. The summed E-state index contributed by atoms with van der Waals surface area (Å²) in [6.07, 6.45) is 3.22. The summed E-state index contributed by atoms with van der Waals surface area (Å²) in [5, 5.41) is 13.0. The van der Waals surface area contributed by atoms with Gasteiger partial charge in [-0.25, -0.2) is 0 Å². The van der Waals surface area contributed by atoms with Gasteiger partial charge in [0.25, 0.3) is 11.7 Å². The highest BCUT2D eigenvalue weighted by atomic mass is 16.5. The first-order chi connectivity index (χ1) is 14.1. The van der Waals surface area contributed by atoms with Crippen molar-refractivity contribution < 1.29 is 19.4 Å². The maximum Gasteiger partial charge on any atom is 0.295 e. The summed E-state index contributed by atoms with van der Waals surface area (Å²) < 4.78 is 5.10. The van der Waals surface area contributed by atoms with Crippen molar-refractivity contribution >= 4 is 28.2 Å². The fourth-order valence-electron chi connectivity index (χ4n) is 3.68. The molecule has 1 N–H and O–H groups in total. The van der Waals surface area contributed by atoms with Crippen molar-refractivity contribution in [2.75, 3.05) is 20.3 Å². The normalized spacial score (nSPS) is 18.5. The number of aliphatic hydroxyl groups is 1. The molecule has 4 rings (SSSR count). The molecule has 1 atom stereocenters. The second-order valence-corrected chi connectivity index (χ2v) is 6.83. The minimum absolute atomic E-state index is 0.0642. The number of ketones is 1. The lowest BCUT2D eigenvalue weighted by Gasteiger charge is -2.24. The third-order valence-corrected chi connectivity index (χ3v) is 5.10. The van der Waals surface area contributed by atoms with Crippen LogP contribution < -0.4 is 0 Å². The molecule has 6 nitrogen and oxygen atoms in total. The topological polar surface area (TPSA) is 79.7 Å². The van der Waals surface area contributed by atoms with Crippen molar-refractivity contribution in [1.82, 2.24) is 9.88 Å². The number of fused-ring (bicyclic) bond motifs is 1. The highest BCUT2D eigenvalue weighted by molar-refractivity contribution is 6.46. The quantitative estimate of drug-likeness (QED) is 0.412. The van der Waals surface area contributed by atoms with E-state index >= 15 is 0 Å². The van der Waals surface area contributed by atoms with Gasteiger partial charge in [0.1, 0.15) is 5.76 Å². The second kappa shape index (κ2) is 7.85. The van der Waals surface area contributed by atoms with E-state index in [0.29, 0.717) is 11.1 Å². The van der Waals surface area contributed by atoms with E-state index < -0.39 is 17.7 Å². The fourth-order valence-corrected chi connectivity index (χ4v) is 3.68. The maximum atomic E-state index is 12.9. The molecule has 0 saturated carbocycles. The lowest BCUT2D eigenvalue weighted by atomic mass is 9.95. The zero-order chi connectivity index (χ0) is 20.4. The first-order valence-corrected chi connectivity index (χ1v) is 9.28. The molecule has 0 bridgehead atoms. The smallest absolute Gasteiger partial charge is 0.295 e. The number of nitrogens with zero attached hydrogens (tertiary/aromatic N) is 2. The molecule has 146 valence electrons. The number of benzene rings is 2. The summed E-state index contributed by atoms with van der Waals surface area (Å²) >= 11 is 0. The van der Waals surface area contributed by atoms with Gasteiger partial charge in [-0.1, -0.05) is 42.5 Å². The van der Waals surface area contributed by atoms with Gasteiger partial charge < -0.3 is 14.7 Å². The molecule has 1 aliphatic heterocycles. The monoisotopic (exact) mass is 388 g/mol. The van der Waals surface area contributed by atoms with Gasteiger partial charge in [0.2, 0.25) is 0 Å². The van der Waals surface area contributed by atoms with Gasteiger partial charge >= 0.3 is 0 Å². The van der Waals surface area contributed by atoms with Gasteiger partial charge in [0.15, 0.2) is 0 Å². The van der Waals surface area contributed by atoms with E-state index in [2.05, 4.69) is 4.98 Å². The molecule has 2 heterocycles. The minimum Gasteiger partial charge on any atom is -0.507 e. The first kappa shape index (κ1) is 18.8. The highest BCUT2D eigenvalue weighted by Gasteiger charge is 2.45. The molecular weight excluding hydrogens is 368 g/mol. The van der Waals surface area contributed by atoms with Crippen LogP contribution in [0.2, 0.25) is 0 Å². The van der Waals surface area contributed by atoms with Crippen molar-refractivity contribution in [1.29, 1.82) is 0 Å². The Balaban J connectivity index is 1.87. The number of Topliss-reactive ketones (excluding diaryl/α,β-unsaturated/α-hetero) is 1. The van der Waals surface area contributed by atoms with Gasteiger partial charge in [-0.3, -0.25) is 14.6 Å². The van der Waals surface area contributed by atoms with Gasteiger partial charge in [-0.15, -0.1) is 0 Å². The number of carbonyl (C=O) groups is 2. The number of aromatic nitrogens is 1. The average molecular weight is 388 g/mol. The lowest BCUT2D eigenvalue weighted by Crippen LogP contribution is -2.32. The Bertz CT molecular complexity index is 1110. The van der Waals surface area contributed by atoms with Crippen molar-refractivity contribution in [3.8, 4) is 0 Å². The number of methoxy groups -OCH3 is 1. The fraction of sp³-hybridized carbons (Fsp3) is 0.174. The Hall–Kier alpha value is -3.51. The lowest BCUT2D eigenvalue weighted by molar-refractivity contribution is -0.140. The van der Waals surface area contributed by atoms with Crippen molar-refractivity contribution in [3.63, 3.8) is 0 Å². The predicted octanol–water partition coefficient (Wildman–Crippen LogP) is 3.30. The van der Waals surface area contributed by atoms with Crippen LogP contribution in [0.3, 0.4) is 0 Å². The maximum absolute atomic E-state index is 12.9. The standard InChI is InChI=1S/C23H20N2O4/c1-29-12-11-25-20(18-7-4-10-24-14-18)19(22(27)23(25)28)21(26)17-9-8-15-5-2-3-6-16(15)13-17/h2-10,13-14,20,26H,11-12H2,1H3/b21-19-. The number of hydrogen-bond donors (Lipinski definition) is 1. The summed E-state index contributed by atoms with van der Waals surface area (Å²) in [6.45, 7) is 0.509. The van der Waals surface area contributed by atoms with Crippen molar-refractivity contribution in [2.24, 2.45) is 0 Å². The number of rotatable bonds is 5. The van der Waals surface area contributed by atoms with E-state index in [4.69, 9.17) is 4.74 Å². The van der Waals surface area contributed by atoms with Gasteiger partial charge in [0.05, 0.1) is 18.2 Å². The Morgan fingerprint density at radius 2 is 1.90 bits per heavy atom. The molecule has 1 amide bonds. The molecule has 1 saturated heterocycles. The molecule has 6 heteroatoms. The van der Waals surface area contributed by atoms with E-state index in [9.17, 15) is 14.7 Å². The van der Waals surface area contributed by atoms with E-state index in [1.165, 1.54) is 12.0 Å². The van der Waals surface area contributed by atoms with Crippen LogP contribution in [-0.2, 0) is 14.3 Å². The molecule has 0 aliphatic carbocycles. The molecule has 3 aromatic rings. The number of aliphatic hydroxyl groups excluding tert-OH is 1. The van der Waals surface area contributed by atoms with Crippen LogP contribution >= 0.6 is 0 Å². The van der Waals surface area contributed by atoms with Crippen LogP contribution in [-0.4, -0.2) is 46.9 Å². The summed E-state index contributed by atoms with van der Waals surface area (Å²) in [6, 6.07) is 16.0. The van der Waals surface area contributed by atoms with Crippen LogP contribution in [0.5, 0.6) is 0 Å². The van der Waals surface area contributed by atoms with Crippen LogP contribution in [0.15, 0.2) is 72.6 Å². The Kier molecular flexibility index (Phi) is 5.10. The van der Waals surface area contributed by atoms with E-state index in [1.54, 1.807) is 30.6 Å². The average Bonchev–Trinajstić information content (AvgIpc) is 3.02. The van der Waals surface area contributed by atoms with Crippen molar-refractivity contribution in [2.45, 2.75) is 6.04 Å². The molecule has 0 radical (unpaired) electrons. The second-order valence-electron chi connectivity index (χ2n) is 6.83. The number of hydrogen-bond acceptors (Lipinski definition) is 5. The highest BCUT2D eigenvalue weighted by Crippen LogP contribution is 2.39. The van der Waals surface area contributed by atoms with Crippen LogP contribution in [0.25, 0.3) is 16.5 Å². The van der Waals surface area contributed by atoms with Crippen molar-refractivity contribution in [3.05, 3.63) is 83.7 Å². The Morgan fingerprint density at radius 3 is 2.62 bits per heavy atom. The number of ether oxygens (including phenoxy) is 1. The zero-order valence-electron chi connectivity index (χ0n) is 15.9. The van der Waals surface area contributed by atoms with Gasteiger partial charge in [-0.05, 0) is 28.5 Å². The zero-order valence-corrected chi connectivity index (χ0v) is 15.9. The summed E-state index contributed by atoms with van der Waals surface area (Å²) in [4.78, 5) is 31.1. The van der Waals surface area contributed by atoms with E-state index in [-0.39, 0.29) is 24.5 Å². The Morgan fingerprint density at radius 1 is 1.10 bits per heavy atom. The van der Waals surface area contributed by atoms with Crippen LogP contribution in [0.4, 0.5) is 0 Å². The van der Waals surface area contributed by atoms with Gasteiger partial charge in [-0.2, -0.15) is 0 Å². The molecule has 0 spiro atoms. The van der Waals surface area contributed by atoms with Gasteiger partial charge in [0, 0.05) is 31.6 Å². The number of amides is 1. The molecule has 29 heavy (non-hydrogen) atoms. The molecule has 1 unspecified atom stereocenters. The van der Waals surface area contributed by atoms with Crippen LogP contribution in [0, 0.1) is 0 Å². The van der Waals surface area contributed by atoms with E-state index in [1.807, 2.05) is 36.4 Å². The molecule has 1 fully saturated rings. The SMILES string of the molecule is COCCN1C(=O)C(=O)/C(=C(\O)c2ccc3ccccc3c2)C1c1cccnc1. The third kappa shape index (κ3) is 3.39. The summed E-state index contributed by atoms with van der Waals surface area (Å²) in [7, 11) is 1.53.